The third-order valence-corrected chi connectivity index (χ3v) is 1.70. The molecule has 0 saturated heterocycles. The van der Waals surface area contributed by atoms with Crippen LogP contribution in [0.15, 0.2) is 30.3 Å². The molecule has 68 valence electrons. The first kappa shape index (κ1) is 9.65. The van der Waals surface area contributed by atoms with Crippen molar-refractivity contribution in [3.8, 4) is 0 Å². The molecular weight excluding hydrogens is 167 g/mol. The third-order valence-electron chi connectivity index (χ3n) is 1.70. The van der Waals surface area contributed by atoms with Crippen molar-refractivity contribution in [3.63, 3.8) is 0 Å². The highest BCUT2D eigenvalue weighted by atomic mass is 19.1. The molecule has 0 amide bonds. The van der Waals surface area contributed by atoms with Gasteiger partial charge in [0, 0.05) is 12.0 Å². The molecule has 1 aromatic rings. The maximum atomic E-state index is 13.0. The van der Waals surface area contributed by atoms with Crippen molar-refractivity contribution in [2.24, 2.45) is 0 Å². The van der Waals surface area contributed by atoms with E-state index in [1.54, 1.807) is 25.1 Å². The Morgan fingerprint density at radius 2 is 2.15 bits per heavy atom. The Labute approximate surface area is 76.9 Å². The highest BCUT2D eigenvalue weighted by Gasteiger charge is 1.96. The number of carbonyl (C=O) groups excluding carboxylic acids is 1. The van der Waals surface area contributed by atoms with Crippen LogP contribution in [-0.4, -0.2) is 5.78 Å². The monoisotopic (exact) mass is 178 g/mol. The predicted octanol–water partition coefficient (Wildman–Crippen LogP) is 2.82. The van der Waals surface area contributed by atoms with Crippen molar-refractivity contribution in [2.45, 2.75) is 13.3 Å². The maximum Gasteiger partial charge on any atom is 0.155 e. The van der Waals surface area contributed by atoms with Crippen molar-refractivity contribution in [1.29, 1.82) is 0 Å². The Bertz CT molecular complexity index is 329. The molecule has 1 rings (SSSR count). The molecule has 0 heterocycles. The Hall–Kier alpha value is -1.44. The van der Waals surface area contributed by atoms with E-state index in [1.165, 1.54) is 18.2 Å². The first-order chi connectivity index (χ1) is 6.24. The van der Waals surface area contributed by atoms with Crippen LogP contribution < -0.4 is 0 Å². The van der Waals surface area contributed by atoms with E-state index in [0.717, 1.165) is 0 Å². The molecule has 0 radical (unpaired) electrons. The number of halogens is 1. The molecule has 2 heteroatoms. The number of ketones is 1. The minimum absolute atomic E-state index is 0.00301. The average molecular weight is 178 g/mol. The van der Waals surface area contributed by atoms with Gasteiger partial charge in [-0.1, -0.05) is 25.1 Å². The minimum Gasteiger partial charge on any atom is -0.295 e. The van der Waals surface area contributed by atoms with Gasteiger partial charge < -0.3 is 0 Å². The van der Waals surface area contributed by atoms with Crippen LogP contribution in [0, 0.1) is 5.82 Å². The summed E-state index contributed by atoms with van der Waals surface area (Å²) in [7, 11) is 0. The van der Waals surface area contributed by atoms with Crippen LogP contribution >= 0.6 is 0 Å². The molecule has 0 N–H and O–H groups in total. The zero-order chi connectivity index (χ0) is 9.68. The predicted molar refractivity (Wildman–Crippen MR) is 50.7 cm³/mol. The summed E-state index contributed by atoms with van der Waals surface area (Å²) in [4.78, 5) is 10.9. The summed E-state index contributed by atoms with van der Waals surface area (Å²) in [6, 6.07) is 6.36. The zero-order valence-corrected chi connectivity index (χ0v) is 7.46. The Balaban J connectivity index is 2.80. The van der Waals surface area contributed by atoms with E-state index < -0.39 is 0 Å². The van der Waals surface area contributed by atoms with E-state index in [9.17, 15) is 9.18 Å². The van der Waals surface area contributed by atoms with Crippen molar-refractivity contribution in [2.75, 3.05) is 0 Å². The highest BCUT2D eigenvalue weighted by molar-refractivity contribution is 5.93. The Kier molecular flexibility index (Phi) is 3.38. The van der Waals surface area contributed by atoms with E-state index in [2.05, 4.69) is 0 Å². The lowest BCUT2D eigenvalue weighted by Gasteiger charge is -1.93. The summed E-state index contributed by atoms with van der Waals surface area (Å²) in [5.41, 5.74) is 0.448. The van der Waals surface area contributed by atoms with E-state index in [0.29, 0.717) is 12.0 Å². The molecule has 0 atom stereocenters. The quantitative estimate of drug-likeness (QED) is 0.650. The molecule has 0 fully saturated rings. The van der Waals surface area contributed by atoms with Crippen LogP contribution in [0.3, 0.4) is 0 Å². The van der Waals surface area contributed by atoms with E-state index >= 15 is 0 Å². The maximum absolute atomic E-state index is 13.0. The van der Waals surface area contributed by atoms with Gasteiger partial charge in [0.25, 0.3) is 0 Å². The van der Waals surface area contributed by atoms with Gasteiger partial charge >= 0.3 is 0 Å². The van der Waals surface area contributed by atoms with Gasteiger partial charge in [-0.05, 0) is 18.2 Å². The number of hydrogen-bond acceptors (Lipinski definition) is 1. The Morgan fingerprint density at radius 1 is 1.46 bits per heavy atom. The molecule has 0 aliphatic carbocycles. The smallest absolute Gasteiger partial charge is 0.155 e. The second-order valence-electron chi connectivity index (χ2n) is 2.67. The van der Waals surface area contributed by atoms with Crippen LogP contribution in [0.1, 0.15) is 18.9 Å². The van der Waals surface area contributed by atoms with Gasteiger partial charge in [-0.2, -0.15) is 0 Å². The fourth-order valence-corrected chi connectivity index (χ4v) is 0.911. The van der Waals surface area contributed by atoms with E-state index in [4.69, 9.17) is 0 Å². The fraction of sp³-hybridized carbons (Fsp3) is 0.182. The lowest BCUT2D eigenvalue weighted by molar-refractivity contribution is -0.114. The molecule has 1 nitrogen and oxygen atoms in total. The summed E-state index contributed by atoms with van der Waals surface area (Å²) in [5.74, 6) is -0.300. The molecule has 13 heavy (non-hydrogen) atoms. The summed E-state index contributed by atoms with van der Waals surface area (Å²) >= 11 is 0. The molecule has 0 aliphatic heterocycles. The number of benzene rings is 1. The summed E-state index contributed by atoms with van der Waals surface area (Å²) < 4.78 is 13.0. The van der Waals surface area contributed by atoms with Gasteiger partial charge in [0.2, 0.25) is 0 Å². The SMILES string of the molecule is CCC(=O)/C=C/c1ccccc1F. The molecule has 0 spiro atoms. The first-order valence-electron chi connectivity index (χ1n) is 4.19. The van der Waals surface area contributed by atoms with Crippen molar-refractivity contribution >= 4 is 11.9 Å². The fourth-order valence-electron chi connectivity index (χ4n) is 0.911. The number of allylic oxidation sites excluding steroid dienone is 1. The largest absolute Gasteiger partial charge is 0.295 e. The lowest BCUT2D eigenvalue weighted by atomic mass is 10.1. The normalized spacial score (nSPS) is 10.6. The van der Waals surface area contributed by atoms with Crippen LogP contribution in [0.2, 0.25) is 0 Å². The lowest BCUT2D eigenvalue weighted by Crippen LogP contribution is -1.87. The summed E-state index contributed by atoms with van der Waals surface area (Å²) in [5, 5.41) is 0. The third kappa shape index (κ3) is 2.82. The number of hydrogen-bond donors (Lipinski definition) is 0. The molecule has 0 bridgehead atoms. The molecule has 0 aliphatic rings. The van der Waals surface area contributed by atoms with Crippen LogP contribution in [0.25, 0.3) is 6.08 Å². The second kappa shape index (κ2) is 4.55. The Morgan fingerprint density at radius 3 is 2.77 bits per heavy atom. The minimum atomic E-state index is -0.303. The first-order valence-corrected chi connectivity index (χ1v) is 4.19. The van der Waals surface area contributed by atoms with Gasteiger partial charge in [0.15, 0.2) is 5.78 Å². The highest BCUT2D eigenvalue weighted by Crippen LogP contribution is 2.08. The van der Waals surface area contributed by atoms with Crippen LogP contribution in [0.5, 0.6) is 0 Å². The summed E-state index contributed by atoms with van der Waals surface area (Å²) in [6.45, 7) is 1.77. The molecule has 1 aromatic carbocycles. The van der Waals surface area contributed by atoms with E-state index in [-0.39, 0.29) is 11.6 Å². The van der Waals surface area contributed by atoms with Gasteiger partial charge in [-0.3, -0.25) is 4.79 Å². The molecule has 0 aromatic heterocycles. The van der Waals surface area contributed by atoms with Gasteiger partial charge in [-0.25, -0.2) is 4.39 Å². The summed E-state index contributed by atoms with van der Waals surface area (Å²) in [6.07, 6.45) is 3.35. The number of rotatable bonds is 3. The van der Waals surface area contributed by atoms with Crippen LogP contribution in [0.4, 0.5) is 4.39 Å². The standard InChI is InChI=1S/C11H11FO/c1-2-10(13)8-7-9-5-3-4-6-11(9)12/h3-8H,2H2,1H3/b8-7+. The molecular formula is C11H11FO. The van der Waals surface area contributed by atoms with Crippen molar-refractivity contribution in [1.82, 2.24) is 0 Å². The second-order valence-corrected chi connectivity index (χ2v) is 2.67. The number of carbonyl (C=O) groups is 1. The van der Waals surface area contributed by atoms with Crippen molar-refractivity contribution < 1.29 is 9.18 Å². The topological polar surface area (TPSA) is 17.1 Å². The van der Waals surface area contributed by atoms with Gasteiger partial charge in [0.05, 0.1) is 0 Å². The molecule has 0 unspecified atom stereocenters. The zero-order valence-electron chi connectivity index (χ0n) is 7.46. The average Bonchev–Trinajstić information content (AvgIpc) is 2.16. The van der Waals surface area contributed by atoms with Crippen LogP contribution in [-0.2, 0) is 4.79 Å². The van der Waals surface area contributed by atoms with Gasteiger partial charge in [-0.15, -0.1) is 0 Å². The molecule has 0 saturated carbocycles. The van der Waals surface area contributed by atoms with E-state index in [1.807, 2.05) is 0 Å². The van der Waals surface area contributed by atoms with Crippen molar-refractivity contribution in [3.05, 3.63) is 41.7 Å². The van der Waals surface area contributed by atoms with Gasteiger partial charge in [0.1, 0.15) is 5.82 Å².